The molecule has 0 spiro atoms. The summed E-state index contributed by atoms with van der Waals surface area (Å²) < 4.78 is 0. The average molecular weight is 338 g/mol. The zero-order valence-electron chi connectivity index (χ0n) is 8.24. The molecule has 2 rings (SSSR count). The molecule has 15 heavy (non-hydrogen) atoms. The second kappa shape index (κ2) is 9.40. The van der Waals surface area contributed by atoms with Gasteiger partial charge in [-0.2, -0.15) is 0 Å². The zero-order valence-corrected chi connectivity index (χ0v) is 12.8. The topological polar surface area (TPSA) is 0 Å². The van der Waals surface area contributed by atoms with E-state index in [9.17, 15) is 0 Å². The quantitative estimate of drug-likeness (QED) is 0.486. The van der Waals surface area contributed by atoms with Crippen LogP contribution in [0.5, 0.6) is 0 Å². The molecule has 0 aliphatic rings. The van der Waals surface area contributed by atoms with E-state index in [0.717, 1.165) is 0 Å². The van der Waals surface area contributed by atoms with E-state index in [4.69, 9.17) is 0 Å². The molecule has 0 aliphatic heterocycles. The molecule has 0 bridgehead atoms. The van der Waals surface area contributed by atoms with Crippen molar-refractivity contribution in [2.45, 2.75) is 0 Å². The van der Waals surface area contributed by atoms with Crippen molar-refractivity contribution in [2.75, 3.05) is 0 Å². The molecular weight excluding hydrogens is 328 g/mol. The summed E-state index contributed by atoms with van der Waals surface area (Å²) in [5.41, 5.74) is 2.55. The van der Waals surface area contributed by atoms with Crippen LogP contribution < -0.4 is 34.0 Å². The maximum absolute atomic E-state index is 2.12. The van der Waals surface area contributed by atoms with E-state index in [1.165, 1.54) is 11.1 Å². The molecular formula is C12H10Br2Mg. The van der Waals surface area contributed by atoms with Crippen LogP contribution in [0.2, 0.25) is 0 Å². The summed E-state index contributed by atoms with van der Waals surface area (Å²) in [6.45, 7) is 0. The van der Waals surface area contributed by atoms with Crippen LogP contribution in [0.3, 0.4) is 0 Å². The van der Waals surface area contributed by atoms with Gasteiger partial charge in [-0.05, 0) is 11.1 Å². The Morgan fingerprint density at radius 3 is 1.00 bits per heavy atom. The van der Waals surface area contributed by atoms with Crippen molar-refractivity contribution in [3.63, 3.8) is 0 Å². The number of benzene rings is 2. The predicted molar refractivity (Wildman–Crippen MR) is 57.6 cm³/mol. The third-order valence-corrected chi connectivity index (χ3v) is 1.88. The standard InChI is InChI=1S/C12H10.2BrH.Mg/c1-3-7-11(8-4-1)12-9-5-2-6-10-12;;;/h1-10H;2*1H;/q;;;+2/p-2. The Bertz CT molecular complexity index is 311. The van der Waals surface area contributed by atoms with Gasteiger partial charge in [-0.15, -0.1) is 0 Å². The zero-order chi connectivity index (χ0) is 8.23. The summed E-state index contributed by atoms with van der Waals surface area (Å²) in [4.78, 5) is 0. The first-order chi connectivity index (χ1) is 5.97. The van der Waals surface area contributed by atoms with Crippen LogP contribution in [0.1, 0.15) is 0 Å². The van der Waals surface area contributed by atoms with Gasteiger partial charge >= 0.3 is 23.1 Å². The van der Waals surface area contributed by atoms with Crippen molar-refractivity contribution in [3.8, 4) is 11.1 Å². The third-order valence-electron chi connectivity index (χ3n) is 1.88. The molecule has 2 aromatic rings. The Morgan fingerprint density at radius 2 is 0.733 bits per heavy atom. The summed E-state index contributed by atoms with van der Waals surface area (Å²) in [5, 5.41) is 0. The van der Waals surface area contributed by atoms with Crippen molar-refractivity contribution < 1.29 is 34.0 Å². The SMILES string of the molecule is [Br-].[Br-].[Mg+2].c1ccc(-c2ccccc2)cc1. The molecule has 0 N–H and O–H groups in total. The smallest absolute Gasteiger partial charge is 1.00 e. The minimum atomic E-state index is 0. The van der Waals surface area contributed by atoms with E-state index < -0.39 is 0 Å². The van der Waals surface area contributed by atoms with Gasteiger partial charge in [0.25, 0.3) is 0 Å². The summed E-state index contributed by atoms with van der Waals surface area (Å²) in [7, 11) is 0. The van der Waals surface area contributed by atoms with E-state index >= 15 is 0 Å². The number of hydrogen-bond acceptors (Lipinski definition) is 0. The van der Waals surface area contributed by atoms with Crippen molar-refractivity contribution in [2.24, 2.45) is 0 Å². The Labute approximate surface area is 128 Å². The number of rotatable bonds is 1. The van der Waals surface area contributed by atoms with Gasteiger partial charge in [-0.25, -0.2) is 0 Å². The Hall–Kier alpha value is 0.166. The van der Waals surface area contributed by atoms with Crippen LogP contribution >= 0.6 is 0 Å². The van der Waals surface area contributed by atoms with Crippen molar-refractivity contribution in [1.29, 1.82) is 0 Å². The van der Waals surface area contributed by atoms with E-state index in [0.29, 0.717) is 0 Å². The van der Waals surface area contributed by atoms with Crippen molar-refractivity contribution >= 4 is 23.1 Å². The minimum Gasteiger partial charge on any atom is -1.00 e. The van der Waals surface area contributed by atoms with Crippen LogP contribution in [0.15, 0.2) is 60.7 Å². The molecule has 74 valence electrons. The van der Waals surface area contributed by atoms with Crippen LogP contribution in [0.25, 0.3) is 11.1 Å². The average Bonchev–Trinajstić information content (AvgIpc) is 2.21. The number of halogens is 2. The molecule has 0 aliphatic carbocycles. The largest absolute Gasteiger partial charge is 2.00 e. The molecule has 0 radical (unpaired) electrons. The monoisotopic (exact) mass is 336 g/mol. The predicted octanol–water partition coefficient (Wildman–Crippen LogP) is -3.02. The molecule has 0 aromatic heterocycles. The van der Waals surface area contributed by atoms with Gasteiger partial charge in [0, 0.05) is 0 Å². The van der Waals surface area contributed by atoms with Gasteiger partial charge in [0.1, 0.15) is 0 Å². The maximum Gasteiger partial charge on any atom is 2.00 e. The fourth-order valence-corrected chi connectivity index (χ4v) is 1.26. The Morgan fingerprint density at radius 1 is 0.467 bits per heavy atom. The van der Waals surface area contributed by atoms with Gasteiger partial charge in [0.15, 0.2) is 0 Å². The summed E-state index contributed by atoms with van der Waals surface area (Å²) >= 11 is 0. The maximum atomic E-state index is 2.12. The van der Waals surface area contributed by atoms with E-state index in [2.05, 4.69) is 48.5 Å². The fourth-order valence-electron chi connectivity index (χ4n) is 1.26. The first-order valence-electron chi connectivity index (χ1n) is 4.07. The van der Waals surface area contributed by atoms with E-state index in [1.54, 1.807) is 0 Å². The van der Waals surface area contributed by atoms with E-state index in [1.807, 2.05) is 12.1 Å². The molecule has 0 amide bonds. The summed E-state index contributed by atoms with van der Waals surface area (Å²) in [6, 6.07) is 20.8. The normalized spacial score (nSPS) is 7.73. The summed E-state index contributed by atoms with van der Waals surface area (Å²) in [6.07, 6.45) is 0. The van der Waals surface area contributed by atoms with E-state index in [-0.39, 0.29) is 57.0 Å². The molecule has 0 fully saturated rings. The second-order valence-corrected chi connectivity index (χ2v) is 2.73. The molecule has 2 aromatic carbocycles. The van der Waals surface area contributed by atoms with Gasteiger partial charge in [0.05, 0.1) is 0 Å². The Balaban J connectivity index is 0. The first-order valence-corrected chi connectivity index (χ1v) is 4.07. The fraction of sp³-hybridized carbons (Fsp3) is 0. The van der Waals surface area contributed by atoms with Crippen molar-refractivity contribution in [3.05, 3.63) is 60.7 Å². The number of hydrogen-bond donors (Lipinski definition) is 0. The molecule has 0 saturated carbocycles. The van der Waals surface area contributed by atoms with Gasteiger partial charge in [0.2, 0.25) is 0 Å². The molecule has 0 nitrogen and oxygen atoms in total. The van der Waals surface area contributed by atoms with Gasteiger partial charge in [-0.1, -0.05) is 60.7 Å². The van der Waals surface area contributed by atoms with Crippen molar-refractivity contribution in [1.82, 2.24) is 0 Å². The van der Waals surface area contributed by atoms with Crippen LogP contribution in [0, 0.1) is 0 Å². The molecule has 0 heterocycles. The molecule has 0 atom stereocenters. The Kier molecular flexibility index (Phi) is 11.0. The second-order valence-electron chi connectivity index (χ2n) is 2.73. The minimum absolute atomic E-state index is 0. The first kappa shape index (κ1) is 17.6. The van der Waals surface area contributed by atoms with Crippen LogP contribution in [0.4, 0.5) is 0 Å². The third kappa shape index (κ3) is 5.16. The molecule has 0 unspecified atom stereocenters. The van der Waals surface area contributed by atoms with Gasteiger partial charge in [-0.3, -0.25) is 0 Å². The van der Waals surface area contributed by atoms with Gasteiger partial charge < -0.3 is 34.0 Å². The summed E-state index contributed by atoms with van der Waals surface area (Å²) in [5.74, 6) is 0. The molecule has 0 saturated heterocycles. The molecule has 3 heteroatoms. The van der Waals surface area contributed by atoms with Crippen LogP contribution in [-0.2, 0) is 0 Å². The van der Waals surface area contributed by atoms with Crippen LogP contribution in [-0.4, -0.2) is 23.1 Å².